The smallest absolute Gasteiger partial charge is 0.306 e. The molecule has 1 atom stereocenters. The quantitative estimate of drug-likeness (QED) is 0.0262. The summed E-state index contributed by atoms with van der Waals surface area (Å²) < 4.78 is 16.8. The van der Waals surface area contributed by atoms with Crippen molar-refractivity contribution in [2.75, 3.05) is 13.2 Å². The second-order valence-corrected chi connectivity index (χ2v) is 18.8. The first-order chi connectivity index (χ1) is 34.5. The third-order valence-corrected chi connectivity index (χ3v) is 12.0. The number of hydrogen-bond acceptors (Lipinski definition) is 6. The number of carbonyl (C=O) groups excluding carboxylic acids is 3. The Balaban J connectivity index is 4.46. The van der Waals surface area contributed by atoms with Crippen molar-refractivity contribution in [1.29, 1.82) is 0 Å². The molecule has 0 heterocycles. The van der Waals surface area contributed by atoms with Crippen molar-refractivity contribution in [1.82, 2.24) is 0 Å². The first kappa shape index (κ1) is 66.1. The van der Waals surface area contributed by atoms with E-state index in [0.717, 1.165) is 135 Å². The summed E-state index contributed by atoms with van der Waals surface area (Å²) >= 11 is 0. The number of allylic oxidation sites excluding steroid dienone is 18. The van der Waals surface area contributed by atoms with Gasteiger partial charge in [-0.2, -0.15) is 0 Å². The van der Waals surface area contributed by atoms with Gasteiger partial charge in [0.1, 0.15) is 13.2 Å². The molecule has 0 aromatic carbocycles. The Kier molecular flexibility index (Phi) is 54.4. The highest BCUT2D eigenvalue weighted by molar-refractivity contribution is 5.71. The van der Waals surface area contributed by atoms with Crippen molar-refractivity contribution in [3.8, 4) is 0 Å². The maximum absolute atomic E-state index is 12.8. The third-order valence-electron chi connectivity index (χ3n) is 12.0. The van der Waals surface area contributed by atoms with Crippen LogP contribution in [0, 0.1) is 0 Å². The minimum atomic E-state index is -0.807. The zero-order valence-electron chi connectivity index (χ0n) is 45.5. The van der Waals surface area contributed by atoms with Gasteiger partial charge in [-0.3, -0.25) is 14.4 Å². The summed E-state index contributed by atoms with van der Waals surface area (Å²) in [6, 6.07) is 0. The van der Waals surface area contributed by atoms with E-state index in [9.17, 15) is 14.4 Å². The fourth-order valence-electron chi connectivity index (χ4n) is 7.65. The van der Waals surface area contributed by atoms with Crippen LogP contribution in [0.15, 0.2) is 109 Å². The summed E-state index contributed by atoms with van der Waals surface area (Å²) in [4.78, 5) is 38.1. The molecule has 0 radical (unpaired) electrons. The molecule has 6 heteroatoms. The molecule has 6 nitrogen and oxygen atoms in total. The van der Waals surface area contributed by atoms with Gasteiger partial charge in [-0.15, -0.1) is 0 Å². The molecule has 0 aliphatic rings. The molecule has 0 aliphatic carbocycles. The molecule has 70 heavy (non-hydrogen) atoms. The van der Waals surface area contributed by atoms with Gasteiger partial charge in [0, 0.05) is 19.3 Å². The van der Waals surface area contributed by atoms with E-state index in [1.807, 2.05) is 0 Å². The Morgan fingerprint density at radius 3 is 0.929 bits per heavy atom. The Bertz CT molecular complexity index is 1440. The lowest BCUT2D eigenvalue weighted by molar-refractivity contribution is -0.167. The van der Waals surface area contributed by atoms with E-state index in [1.165, 1.54) is 83.5 Å². The van der Waals surface area contributed by atoms with Gasteiger partial charge in [0.05, 0.1) is 0 Å². The van der Waals surface area contributed by atoms with Crippen LogP contribution in [-0.2, 0) is 28.6 Å². The molecule has 0 aromatic rings. The Labute approximate surface area is 431 Å². The van der Waals surface area contributed by atoms with Gasteiger partial charge in [-0.25, -0.2) is 0 Å². The van der Waals surface area contributed by atoms with Crippen LogP contribution in [-0.4, -0.2) is 37.2 Å². The predicted octanol–water partition coefficient (Wildman–Crippen LogP) is 19.5. The Morgan fingerprint density at radius 2 is 0.557 bits per heavy atom. The number of ether oxygens (including phenoxy) is 3. The van der Waals surface area contributed by atoms with E-state index in [0.29, 0.717) is 12.8 Å². The second kappa shape index (κ2) is 57.6. The molecule has 0 aliphatic heterocycles. The molecule has 0 aromatic heterocycles. The van der Waals surface area contributed by atoms with Crippen molar-refractivity contribution in [3.05, 3.63) is 109 Å². The van der Waals surface area contributed by atoms with Gasteiger partial charge in [0.25, 0.3) is 0 Å². The third kappa shape index (κ3) is 55.0. The van der Waals surface area contributed by atoms with E-state index >= 15 is 0 Å². The number of carbonyl (C=O) groups is 3. The first-order valence-electron chi connectivity index (χ1n) is 28.9. The lowest BCUT2D eigenvalue weighted by atomic mass is 10.1. The lowest BCUT2D eigenvalue weighted by Gasteiger charge is -2.18. The molecule has 398 valence electrons. The molecular formula is C64H106O6. The van der Waals surface area contributed by atoms with Crippen LogP contribution in [0.4, 0.5) is 0 Å². The molecule has 0 amide bonds. The van der Waals surface area contributed by atoms with Crippen LogP contribution in [0.2, 0.25) is 0 Å². The fraction of sp³-hybridized carbons (Fsp3) is 0.672. The number of hydrogen-bond donors (Lipinski definition) is 0. The highest BCUT2D eigenvalue weighted by atomic mass is 16.6. The molecule has 0 rings (SSSR count). The summed E-state index contributed by atoms with van der Waals surface area (Å²) in [6.45, 7) is 6.44. The maximum Gasteiger partial charge on any atom is 0.306 e. The highest BCUT2D eigenvalue weighted by Gasteiger charge is 2.19. The van der Waals surface area contributed by atoms with Crippen molar-refractivity contribution >= 4 is 17.9 Å². The SMILES string of the molecule is CC/C=C\C/C=C\C/C=C\C/C=C\C/C=C\CCCCCC(=O)OC(COC(=O)CCCCCCC/C=C\CCCCC)COC(=O)CCCCCCCC/C=C\C/C=C\C/C=C\CCCCCCC. The van der Waals surface area contributed by atoms with Gasteiger partial charge < -0.3 is 14.2 Å². The number of esters is 3. The van der Waals surface area contributed by atoms with Crippen LogP contribution >= 0.6 is 0 Å². The van der Waals surface area contributed by atoms with Gasteiger partial charge >= 0.3 is 17.9 Å². The van der Waals surface area contributed by atoms with E-state index in [4.69, 9.17) is 14.2 Å². The van der Waals surface area contributed by atoms with Crippen LogP contribution < -0.4 is 0 Å². The standard InChI is InChI=1S/C64H106O6/c1-4-7-10-13-16-19-22-25-27-29-31-32-34-35-37-39-42-45-48-51-54-57-63(66)69-60-61(59-68-62(65)56-53-50-47-44-41-24-21-18-15-12-9-6-3)70-64(67)58-55-52-49-46-43-40-38-36-33-30-28-26-23-20-17-14-11-8-5-2/h8,11,17-18,20-22,25-26,28-29,31,33-36,40,43,61H,4-7,9-10,12-16,19,23-24,27,30,32,37-39,41-42,44-60H2,1-3H3/b11-8-,20-17-,21-18-,25-22-,28-26-,31-29-,35-34-,36-33-,43-40-. The summed E-state index contributed by atoms with van der Waals surface area (Å²) in [7, 11) is 0. The lowest BCUT2D eigenvalue weighted by Crippen LogP contribution is -2.30. The molecule has 0 N–H and O–H groups in total. The van der Waals surface area contributed by atoms with Crippen molar-refractivity contribution < 1.29 is 28.6 Å². The normalized spacial score (nSPS) is 12.9. The number of unbranched alkanes of at least 4 members (excludes halogenated alkanes) is 22. The predicted molar refractivity (Wildman–Crippen MR) is 302 cm³/mol. The average Bonchev–Trinajstić information content (AvgIpc) is 3.36. The topological polar surface area (TPSA) is 78.9 Å². The molecule has 0 saturated heterocycles. The van der Waals surface area contributed by atoms with Gasteiger partial charge in [-0.05, 0) is 128 Å². The summed E-state index contributed by atoms with van der Waals surface area (Å²) in [5, 5.41) is 0. The van der Waals surface area contributed by atoms with E-state index < -0.39 is 6.10 Å². The zero-order valence-corrected chi connectivity index (χ0v) is 45.5. The Hall–Kier alpha value is -3.93. The van der Waals surface area contributed by atoms with Crippen molar-refractivity contribution in [2.24, 2.45) is 0 Å². The minimum absolute atomic E-state index is 0.102. The summed E-state index contributed by atoms with van der Waals surface area (Å²) in [6.07, 6.45) is 77.9. The molecule has 1 unspecified atom stereocenters. The van der Waals surface area contributed by atoms with Gasteiger partial charge in [0.2, 0.25) is 0 Å². The molecule has 0 bridgehead atoms. The van der Waals surface area contributed by atoms with Gasteiger partial charge in [0.15, 0.2) is 6.10 Å². The highest BCUT2D eigenvalue weighted by Crippen LogP contribution is 2.13. The van der Waals surface area contributed by atoms with Crippen molar-refractivity contribution in [3.63, 3.8) is 0 Å². The second-order valence-electron chi connectivity index (χ2n) is 18.8. The molecular weight excluding hydrogens is 865 g/mol. The van der Waals surface area contributed by atoms with E-state index in [2.05, 4.69) is 130 Å². The largest absolute Gasteiger partial charge is 0.462 e. The minimum Gasteiger partial charge on any atom is -0.462 e. The summed E-state index contributed by atoms with van der Waals surface area (Å²) in [5.74, 6) is -0.956. The zero-order chi connectivity index (χ0) is 50.7. The Morgan fingerprint density at radius 1 is 0.300 bits per heavy atom. The molecule has 0 spiro atoms. The van der Waals surface area contributed by atoms with Crippen LogP contribution in [0.1, 0.15) is 258 Å². The fourth-order valence-corrected chi connectivity index (χ4v) is 7.65. The maximum atomic E-state index is 12.8. The van der Waals surface area contributed by atoms with Crippen LogP contribution in [0.5, 0.6) is 0 Å². The van der Waals surface area contributed by atoms with Crippen LogP contribution in [0.25, 0.3) is 0 Å². The average molecular weight is 972 g/mol. The molecule has 0 fully saturated rings. The number of rotatable bonds is 51. The first-order valence-corrected chi connectivity index (χ1v) is 28.9. The van der Waals surface area contributed by atoms with E-state index in [-0.39, 0.29) is 37.5 Å². The summed E-state index contributed by atoms with van der Waals surface area (Å²) in [5.41, 5.74) is 0. The van der Waals surface area contributed by atoms with Crippen molar-refractivity contribution in [2.45, 2.75) is 264 Å². The monoisotopic (exact) mass is 971 g/mol. The molecule has 0 saturated carbocycles. The van der Waals surface area contributed by atoms with Gasteiger partial charge in [-0.1, -0.05) is 220 Å². The van der Waals surface area contributed by atoms with E-state index in [1.54, 1.807) is 0 Å². The van der Waals surface area contributed by atoms with Crippen LogP contribution in [0.3, 0.4) is 0 Å².